The zero-order chi connectivity index (χ0) is 58.9. The molecule has 10 nitrogen and oxygen atoms in total. The third kappa shape index (κ3) is 52.4. The quantitative estimate of drug-likeness (QED) is 0.0377. The van der Waals surface area contributed by atoms with E-state index in [0.717, 1.165) is 130 Å². The molecule has 81 heavy (non-hydrogen) atoms. The van der Waals surface area contributed by atoms with Crippen LogP contribution in [0.25, 0.3) is 0 Å². The van der Waals surface area contributed by atoms with Gasteiger partial charge >= 0.3 is 0 Å². The monoisotopic (exact) mass is 1150 g/mol. The fourth-order valence-corrected chi connectivity index (χ4v) is 12.6. The summed E-state index contributed by atoms with van der Waals surface area (Å²) in [4.78, 5) is 12.5. The van der Waals surface area contributed by atoms with E-state index < -0.39 is 0 Å². The first kappa shape index (κ1) is 78.6. The van der Waals surface area contributed by atoms with E-state index in [0.29, 0.717) is 32.7 Å². The van der Waals surface area contributed by atoms with Crippen molar-refractivity contribution in [2.45, 2.75) is 360 Å². The van der Waals surface area contributed by atoms with Crippen molar-refractivity contribution in [1.29, 1.82) is 0 Å². The van der Waals surface area contributed by atoms with Gasteiger partial charge in [-0.15, -0.1) is 0 Å². The molecule has 0 aromatic heterocycles. The fourth-order valence-electron chi connectivity index (χ4n) is 12.6. The smallest absolute Gasteiger partial charge is 0.0667 e. The summed E-state index contributed by atoms with van der Waals surface area (Å²) < 4.78 is 0. The second-order valence-corrected chi connectivity index (χ2v) is 26.4. The lowest BCUT2D eigenvalue weighted by molar-refractivity contribution is 0.0419. The van der Waals surface area contributed by atoms with Crippen molar-refractivity contribution in [3.05, 3.63) is 0 Å². The van der Waals surface area contributed by atoms with Gasteiger partial charge in [0.15, 0.2) is 0 Å². The Morgan fingerprint density at radius 2 is 0.407 bits per heavy atom. The van der Waals surface area contributed by atoms with E-state index in [-0.39, 0.29) is 30.5 Å². The summed E-state index contributed by atoms with van der Waals surface area (Å²) in [5.74, 6) is 0. The molecule has 486 valence electrons. The molecule has 0 radical (unpaired) electrons. The van der Waals surface area contributed by atoms with Gasteiger partial charge in [0.05, 0.1) is 30.5 Å². The van der Waals surface area contributed by atoms with Gasteiger partial charge in [-0.05, 0) is 32.1 Å². The first-order valence-electron chi connectivity index (χ1n) is 36.7. The summed E-state index contributed by atoms with van der Waals surface area (Å²) in [6, 6.07) is 0. The topological polar surface area (TPSA) is 117 Å². The predicted molar refractivity (Wildman–Crippen MR) is 353 cm³/mol. The van der Waals surface area contributed by atoms with Crippen molar-refractivity contribution in [3.8, 4) is 0 Å². The third-order valence-corrected chi connectivity index (χ3v) is 18.2. The molecule has 0 bridgehead atoms. The number of aliphatic hydroxyl groups is 5. The molecule has 5 unspecified atom stereocenters. The van der Waals surface area contributed by atoms with Crippen molar-refractivity contribution >= 4 is 0 Å². The number of hydrogen-bond acceptors (Lipinski definition) is 10. The number of unbranched alkanes of at least 4 members (excludes halogenated alkanes) is 36. The first-order valence-corrected chi connectivity index (χ1v) is 36.7. The van der Waals surface area contributed by atoms with Crippen LogP contribution in [0.5, 0.6) is 0 Å². The Morgan fingerprint density at radius 1 is 0.235 bits per heavy atom. The molecule has 0 saturated carbocycles. The molecule has 1 fully saturated rings. The van der Waals surface area contributed by atoms with Crippen molar-refractivity contribution in [2.24, 2.45) is 0 Å². The van der Waals surface area contributed by atoms with Crippen molar-refractivity contribution in [3.63, 3.8) is 0 Å². The summed E-state index contributed by atoms with van der Waals surface area (Å²) in [7, 11) is 0. The zero-order valence-corrected chi connectivity index (χ0v) is 55.5. The Kier molecular flexibility index (Phi) is 58.1. The predicted octanol–water partition coefficient (Wildman–Crippen LogP) is 16.4. The minimum absolute atomic E-state index is 0.342. The molecule has 1 rings (SSSR count). The molecule has 0 aromatic rings. The molecule has 1 aliphatic rings. The molecule has 0 aliphatic carbocycles. The molecular weight excluding hydrogens is 1000 g/mol. The Hall–Kier alpha value is -0.400. The lowest BCUT2D eigenvalue weighted by Crippen LogP contribution is -2.51. The van der Waals surface area contributed by atoms with Gasteiger partial charge in [0.25, 0.3) is 0 Å². The normalized spacial score (nSPS) is 15.7. The number of piperazine rings is 1. The number of hydrogen-bond donors (Lipinski definition) is 5. The van der Waals surface area contributed by atoms with Crippen LogP contribution in [0.1, 0.15) is 330 Å². The van der Waals surface area contributed by atoms with E-state index in [1.807, 2.05) is 0 Å². The van der Waals surface area contributed by atoms with E-state index in [9.17, 15) is 25.5 Å². The summed E-state index contributed by atoms with van der Waals surface area (Å²) in [6.45, 7) is 24.0. The van der Waals surface area contributed by atoms with Gasteiger partial charge in [0.2, 0.25) is 0 Å². The average molecular weight is 1150 g/mol. The third-order valence-electron chi connectivity index (χ3n) is 18.2. The van der Waals surface area contributed by atoms with Crippen molar-refractivity contribution in [2.75, 3.05) is 98.2 Å². The van der Waals surface area contributed by atoms with Gasteiger partial charge in [-0.25, -0.2) is 0 Å². The maximum absolute atomic E-state index is 11.6. The van der Waals surface area contributed by atoms with Gasteiger partial charge in [-0.1, -0.05) is 298 Å². The van der Waals surface area contributed by atoms with Crippen LogP contribution >= 0.6 is 0 Å². The lowest BCUT2D eigenvalue weighted by Gasteiger charge is -2.37. The highest BCUT2D eigenvalue weighted by Gasteiger charge is 2.23. The SMILES string of the molecule is CCCCCCCCCCCCC(O)CN(CCN(CCN1CCN(CCN(CC(O)CCCCCCCCC)CC(O)CCCCCCCCCC)CC1)CC(O)CCCCCCCCCC)CC(O)CCCCCCCCCC. The van der Waals surface area contributed by atoms with Crippen LogP contribution in [-0.2, 0) is 0 Å². The van der Waals surface area contributed by atoms with Crippen molar-refractivity contribution in [1.82, 2.24) is 24.5 Å². The molecular formula is C71H147N5O5. The molecule has 0 spiro atoms. The summed E-state index contributed by atoms with van der Waals surface area (Å²) in [5, 5.41) is 57.0. The molecule has 0 aromatic carbocycles. The Morgan fingerprint density at radius 3 is 0.642 bits per heavy atom. The van der Waals surface area contributed by atoms with E-state index in [1.165, 1.54) is 231 Å². The van der Waals surface area contributed by atoms with E-state index in [4.69, 9.17) is 0 Å². The molecule has 5 N–H and O–H groups in total. The fraction of sp³-hybridized carbons (Fsp3) is 1.00. The largest absolute Gasteiger partial charge is 0.392 e. The van der Waals surface area contributed by atoms with Crippen LogP contribution in [0.3, 0.4) is 0 Å². The average Bonchev–Trinajstić information content (AvgIpc) is 3.45. The molecule has 0 amide bonds. The molecule has 1 aliphatic heterocycles. The lowest BCUT2D eigenvalue weighted by atomic mass is 10.0. The molecule has 1 saturated heterocycles. The van der Waals surface area contributed by atoms with Gasteiger partial charge in [0, 0.05) is 98.2 Å². The Balaban J connectivity index is 2.94. The number of rotatable bonds is 65. The highest BCUT2D eigenvalue weighted by molar-refractivity contribution is 4.79. The van der Waals surface area contributed by atoms with Crippen LogP contribution in [0.15, 0.2) is 0 Å². The zero-order valence-electron chi connectivity index (χ0n) is 55.5. The summed E-state index contributed by atoms with van der Waals surface area (Å²) >= 11 is 0. The van der Waals surface area contributed by atoms with Gasteiger partial charge in [-0.3, -0.25) is 24.5 Å². The maximum Gasteiger partial charge on any atom is 0.0667 e. The minimum Gasteiger partial charge on any atom is -0.392 e. The van der Waals surface area contributed by atoms with Gasteiger partial charge in [0.1, 0.15) is 0 Å². The minimum atomic E-state index is -0.386. The van der Waals surface area contributed by atoms with Crippen LogP contribution < -0.4 is 0 Å². The van der Waals surface area contributed by atoms with Crippen LogP contribution in [0.2, 0.25) is 0 Å². The van der Waals surface area contributed by atoms with Gasteiger partial charge < -0.3 is 25.5 Å². The van der Waals surface area contributed by atoms with E-state index in [1.54, 1.807) is 0 Å². The van der Waals surface area contributed by atoms with Crippen LogP contribution in [0.4, 0.5) is 0 Å². The number of nitrogens with zero attached hydrogens (tertiary/aromatic N) is 5. The highest BCUT2D eigenvalue weighted by atomic mass is 16.3. The Bertz CT molecular complexity index is 1230. The van der Waals surface area contributed by atoms with Crippen molar-refractivity contribution < 1.29 is 25.5 Å². The van der Waals surface area contributed by atoms with E-state index >= 15 is 0 Å². The maximum atomic E-state index is 11.6. The first-order chi connectivity index (χ1) is 39.6. The summed E-state index contributed by atoms with van der Waals surface area (Å²) in [6.07, 6.45) is 54.7. The summed E-state index contributed by atoms with van der Waals surface area (Å²) in [5.41, 5.74) is 0. The second-order valence-electron chi connectivity index (χ2n) is 26.4. The molecule has 1 heterocycles. The Labute approximate surface area is 506 Å². The van der Waals surface area contributed by atoms with Crippen LogP contribution in [0, 0.1) is 0 Å². The highest BCUT2D eigenvalue weighted by Crippen LogP contribution is 2.18. The van der Waals surface area contributed by atoms with Gasteiger partial charge in [-0.2, -0.15) is 0 Å². The standard InChI is InChI=1S/C71H147N5O5/c1-6-11-16-21-26-30-31-36-41-46-51-71(81)66-76(65-70(80)50-45-40-35-29-24-19-14-9-4)61-59-74(62-67(77)47-42-38-33-27-22-17-12-7-2)58-56-72-52-54-73(55-53-72)57-60-75(63-68(78)48-43-37-32-25-20-15-10-5)64-69(79)49-44-39-34-28-23-18-13-8-3/h67-71,77-81H,6-66H2,1-5H3. The molecule has 10 heteroatoms. The molecule has 5 atom stereocenters. The number of aliphatic hydroxyl groups excluding tert-OH is 5. The van der Waals surface area contributed by atoms with E-state index in [2.05, 4.69) is 59.1 Å². The van der Waals surface area contributed by atoms with Crippen LogP contribution in [-0.4, -0.2) is 179 Å². The second kappa shape index (κ2) is 59.9.